The molecule has 2 atom stereocenters. The second-order valence-electron chi connectivity index (χ2n) is 4.13. The average Bonchev–Trinajstić information content (AvgIpc) is 2.28. The van der Waals surface area contributed by atoms with Crippen LogP contribution in [-0.4, -0.2) is 11.2 Å². The van der Waals surface area contributed by atoms with Crippen molar-refractivity contribution in [2.75, 3.05) is 0 Å². The van der Waals surface area contributed by atoms with Crippen molar-refractivity contribution in [3.8, 4) is 0 Å². The number of hydrogen-bond donors (Lipinski definition) is 1. The number of aliphatic hydroxyl groups is 1. The second kappa shape index (κ2) is 5.72. The van der Waals surface area contributed by atoms with Crippen LogP contribution >= 0.6 is 0 Å². The fraction of sp³-hybridized carbons (Fsp3) is 0.429. The molecule has 0 aromatic heterocycles. The SMILES string of the molecule is CCC(C)C(O)/C(C)=C/c1ccccc1. The topological polar surface area (TPSA) is 20.2 Å². The number of hydrogen-bond acceptors (Lipinski definition) is 1. The maximum atomic E-state index is 9.98. The van der Waals surface area contributed by atoms with Gasteiger partial charge in [-0.25, -0.2) is 0 Å². The zero-order chi connectivity index (χ0) is 11.3. The summed E-state index contributed by atoms with van der Waals surface area (Å²) in [5.74, 6) is 0.324. The minimum Gasteiger partial charge on any atom is -0.388 e. The molecule has 1 rings (SSSR count). The fourth-order valence-corrected chi connectivity index (χ4v) is 1.57. The van der Waals surface area contributed by atoms with Gasteiger partial charge in [0, 0.05) is 0 Å². The largest absolute Gasteiger partial charge is 0.388 e. The molecule has 0 radical (unpaired) electrons. The Balaban J connectivity index is 2.76. The van der Waals surface area contributed by atoms with Crippen LogP contribution < -0.4 is 0 Å². The summed E-state index contributed by atoms with van der Waals surface area (Å²) in [6.45, 7) is 6.17. The maximum absolute atomic E-state index is 9.98. The van der Waals surface area contributed by atoms with Crippen LogP contribution in [0.3, 0.4) is 0 Å². The monoisotopic (exact) mass is 204 g/mol. The van der Waals surface area contributed by atoms with Crippen molar-refractivity contribution in [1.29, 1.82) is 0 Å². The van der Waals surface area contributed by atoms with E-state index >= 15 is 0 Å². The van der Waals surface area contributed by atoms with E-state index in [2.05, 4.69) is 19.9 Å². The summed E-state index contributed by atoms with van der Waals surface area (Å²) < 4.78 is 0. The molecule has 0 spiro atoms. The van der Waals surface area contributed by atoms with Crippen LogP contribution in [0.2, 0.25) is 0 Å². The standard InChI is InChI=1S/C14H20O/c1-4-11(2)14(15)12(3)10-13-8-6-5-7-9-13/h5-11,14-15H,4H2,1-3H3/b12-10+. The Morgan fingerprint density at radius 3 is 2.47 bits per heavy atom. The molecule has 1 aromatic carbocycles. The second-order valence-corrected chi connectivity index (χ2v) is 4.13. The molecule has 1 heteroatoms. The Bertz CT molecular complexity index is 313. The first kappa shape index (κ1) is 12.0. The van der Waals surface area contributed by atoms with Crippen molar-refractivity contribution >= 4 is 6.08 Å². The molecule has 82 valence electrons. The Morgan fingerprint density at radius 1 is 1.33 bits per heavy atom. The highest BCUT2D eigenvalue weighted by Crippen LogP contribution is 2.17. The van der Waals surface area contributed by atoms with E-state index in [4.69, 9.17) is 0 Å². The highest BCUT2D eigenvalue weighted by molar-refractivity contribution is 5.53. The van der Waals surface area contributed by atoms with Gasteiger partial charge in [-0.2, -0.15) is 0 Å². The van der Waals surface area contributed by atoms with Crippen molar-refractivity contribution in [2.45, 2.75) is 33.3 Å². The normalized spacial score (nSPS) is 16.1. The van der Waals surface area contributed by atoms with Gasteiger partial charge in [-0.05, 0) is 24.0 Å². The molecule has 0 heterocycles. The third kappa shape index (κ3) is 3.52. The molecule has 0 aliphatic heterocycles. The summed E-state index contributed by atoms with van der Waals surface area (Å²) in [7, 11) is 0. The van der Waals surface area contributed by atoms with Crippen LogP contribution in [0.1, 0.15) is 32.8 Å². The van der Waals surface area contributed by atoms with Crippen molar-refractivity contribution in [2.24, 2.45) is 5.92 Å². The van der Waals surface area contributed by atoms with Crippen LogP contribution in [-0.2, 0) is 0 Å². The van der Waals surface area contributed by atoms with Gasteiger partial charge in [-0.15, -0.1) is 0 Å². The Hall–Kier alpha value is -1.08. The molecule has 0 amide bonds. The molecule has 0 saturated heterocycles. The van der Waals surface area contributed by atoms with Gasteiger partial charge in [0.15, 0.2) is 0 Å². The van der Waals surface area contributed by atoms with Crippen LogP contribution in [0.5, 0.6) is 0 Å². The van der Waals surface area contributed by atoms with Crippen LogP contribution in [0.4, 0.5) is 0 Å². The predicted molar refractivity (Wildman–Crippen MR) is 65.6 cm³/mol. The van der Waals surface area contributed by atoms with E-state index in [-0.39, 0.29) is 6.10 Å². The molecule has 1 aromatic rings. The van der Waals surface area contributed by atoms with E-state index in [0.29, 0.717) is 5.92 Å². The van der Waals surface area contributed by atoms with E-state index in [9.17, 15) is 5.11 Å². The van der Waals surface area contributed by atoms with Gasteiger partial charge in [0.25, 0.3) is 0 Å². The number of aliphatic hydroxyl groups excluding tert-OH is 1. The van der Waals surface area contributed by atoms with Gasteiger partial charge in [-0.1, -0.05) is 56.7 Å². The van der Waals surface area contributed by atoms with Gasteiger partial charge < -0.3 is 5.11 Å². The Morgan fingerprint density at radius 2 is 1.93 bits per heavy atom. The summed E-state index contributed by atoms with van der Waals surface area (Å²) in [4.78, 5) is 0. The predicted octanol–water partition coefficient (Wildman–Crippen LogP) is 3.50. The summed E-state index contributed by atoms with van der Waals surface area (Å²) in [6.07, 6.45) is 2.73. The first-order valence-corrected chi connectivity index (χ1v) is 5.56. The lowest BCUT2D eigenvalue weighted by Gasteiger charge is -2.17. The quantitative estimate of drug-likeness (QED) is 0.796. The van der Waals surface area contributed by atoms with E-state index < -0.39 is 0 Å². The summed E-state index contributed by atoms with van der Waals surface area (Å²) in [5, 5.41) is 9.98. The highest BCUT2D eigenvalue weighted by Gasteiger charge is 2.13. The zero-order valence-electron chi connectivity index (χ0n) is 9.77. The lowest BCUT2D eigenvalue weighted by molar-refractivity contribution is 0.149. The van der Waals surface area contributed by atoms with Gasteiger partial charge >= 0.3 is 0 Å². The van der Waals surface area contributed by atoms with Crippen LogP contribution in [0.15, 0.2) is 35.9 Å². The van der Waals surface area contributed by atoms with Gasteiger partial charge in [-0.3, -0.25) is 0 Å². The molecular formula is C14H20O. The first-order valence-electron chi connectivity index (χ1n) is 5.56. The zero-order valence-corrected chi connectivity index (χ0v) is 9.77. The lowest BCUT2D eigenvalue weighted by Crippen LogP contribution is -2.17. The average molecular weight is 204 g/mol. The molecule has 0 bridgehead atoms. The van der Waals surface area contributed by atoms with E-state index in [0.717, 1.165) is 17.6 Å². The molecule has 1 N–H and O–H groups in total. The molecule has 0 saturated carbocycles. The Labute approximate surface area is 92.5 Å². The fourth-order valence-electron chi connectivity index (χ4n) is 1.57. The van der Waals surface area contributed by atoms with Crippen LogP contribution in [0.25, 0.3) is 6.08 Å². The van der Waals surface area contributed by atoms with Crippen molar-refractivity contribution < 1.29 is 5.11 Å². The minimum atomic E-state index is -0.324. The van der Waals surface area contributed by atoms with E-state index in [1.165, 1.54) is 0 Å². The van der Waals surface area contributed by atoms with E-state index in [1.807, 2.05) is 37.3 Å². The molecule has 1 nitrogen and oxygen atoms in total. The van der Waals surface area contributed by atoms with Crippen LogP contribution in [0, 0.1) is 5.92 Å². The smallest absolute Gasteiger partial charge is 0.0776 e. The molecule has 2 unspecified atom stereocenters. The highest BCUT2D eigenvalue weighted by atomic mass is 16.3. The van der Waals surface area contributed by atoms with Gasteiger partial charge in [0.1, 0.15) is 0 Å². The number of benzene rings is 1. The third-order valence-electron chi connectivity index (χ3n) is 2.84. The van der Waals surface area contributed by atoms with Crippen molar-refractivity contribution in [3.63, 3.8) is 0 Å². The lowest BCUT2D eigenvalue weighted by atomic mass is 9.95. The maximum Gasteiger partial charge on any atom is 0.0776 e. The van der Waals surface area contributed by atoms with Crippen molar-refractivity contribution in [1.82, 2.24) is 0 Å². The molecule has 0 aliphatic rings. The number of rotatable bonds is 4. The molecule has 15 heavy (non-hydrogen) atoms. The summed E-state index contributed by atoms with van der Waals surface area (Å²) in [6, 6.07) is 10.1. The summed E-state index contributed by atoms with van der Waals surface area (Å²) in [5.41, 5.74) is 2.19. The molecular weight excluding hydrogens is 184 g/mol. The summed E-state index contributed by atoms with van der Waals surface area (Å²) >= 11 is 0. The van der Waals surface area contributed by atoms with Gasteiger partial charge in [0.05, 0.1) is 6.10 Å². The minimum absolute atomic E-state index is 0.324. The molecule has 0 aliphatic carbocycles. The van der Waals surface area contributed by atoms with Crippen molar-refractivity contribution in [3.05, 3.63) is 41.5 Å². The van der Waals surface area contributed by atoms with E-state index in [1.54, 1.807) is 0 Å². The first-order chi connectivity index (χ1) is 7.15. The molecule has 0 fully saturated rings. The third-order valence-corrected chi connectivity index (χ3v) is 2.84. The Kier molecular flexibility index (Phi) is 4.57. The van der Waals surface area contributed by atoms with Gasteiger partial charge in [0.2, 0.25) is 0 Å².